The van der Waals surface area contributed by atoms with E-state index in [0.29, 0.717) is 32.5 Å². The Kier molecular flexibility index (Phi) is 4.98. The predicted molar refractivity (Wildman–Crippen MR) is 75.5 cm³/mol. The quantitative estimate of drug-likeness (QED) is 0.430. The Labute approximate surface area is 129 Å². The second-order valence-electron chi connectivity index (χ2n) is 5.56. The van der Waals surface area contributed by atoms with Crippen LogP contribution in [0.2, 0.25) is 0 Å². The average molecular weight is 308 g/mol. The van der Waals surface area contributed by atoms with Gasteiger partial charge in [-0.1, -0.05) is 6.92 Å². The van der Waals surface area contributed by atoms with E-state index in [1.54, 1.807) is 0 Å². The van der Waals surface area contributed by atoms with Crippen LogP contribution in [0.25, 0.3) is 0 Å². The fraction of sp³-hybridized carbons (Fsp3) is 0.714. The number of ether oxygens (including phenoxy) is 1. The highest BCUT2D eigenvalue weighted by atomic mass is 16.5. The number of nitrogens with one attached hydrogen (secondary N) is 1. The number of hydrogen-bond acceptors (Lipinski definition) is 6. The van der Waals surface area contributed by atoms with Crippen LogP contribution in [0, 0.1) is 11.3 Å². The highest BCUT2D eigenvalue weighted by molar-refractivity contribution is 6.07. The van der Waals surface area contributed by atoms with Gasteiger partial charge < -0.3 is 10.1 Å². The normalized spacial score (nSPS) is 20.8. The van der Waals surface area contributed by atoms with Crippen molar-refractivity contribution >= 4 is 17.9 Å². The summed E-state index contributed by atoms with van der Waals surface area (Å²) in [4.78, 5) is 38.6. The van der Waals surface area contributed by atoms with E-state index in [4.69, 9.17) is 10.00 Å². The third-order valence-electron chi connectivity index (χ3n) is 4.00. The van der Waals surface area contributed by atoms with Gasteiger partial charge in [-0.05, 0) is 19.3 Å². The molecule has 120 valence electrons. The van der Waals surface area contributed by atoms with E-state index in [1.807, 2.05) is 17.9 Å². The van der Waals surface area contributed by atoms with E-state index in [-0.39, 0.29) is 25.0 Å². The number of amides is 3. The number of carbonyl (C=O) groups is 3. The zero-order valence-electron chi connectivity index (χ0n) is 12.6. The summed E-state index contributed by atoms with van der Waals surface area (Å²) >= 11 is 0. The van der Waals surface area contributed by atoms with Gasteiger partial charge in [0.2, 0.25) is 0 Å². The number of hydrogen-bond donors (Lipinski definition) is 1. The molecule has 8 heteroatoms. The van der Waals surface area contributed by atoms with Crippen molar-refractivity contribution in [2.75, 3.05) is 32.8 Å². The highest BCUT2D eigenvalue weighted by Gasteiger charge is 2.52. The van der Waals surface area contributed by atoms with Crippen molar-refractivity contribution < 1.29 is 19.1 Å². The maximum Gasteiger partial charge on any atom is 0.325 e. The van der Waals surface area contributed by atoms with Crippen LogP contribution in [-0.4, -0.2) is 66.0 Å². The maximum absolute atomic E-state index is 12.3. The van der Waals surface area contributed by atoms with Crippen molar-refractivity contribution in [1.82, 2.24) is 15.1 Å². The molecule has 3 amide bonds. The minimum absolute atomic E-state index is 0.195. The fourth-order valence-electron chi connectivity index (χ4n) is 2.77. The summed E-state index contributed by atoms with van der Waals surface area (Å²) < 4.78 is 5.04. The van der Waals surface area contributed by atoms with Crippen LogP contribution in [-0.2, 0) is 14.3 Å². The monoisotopic (exact) mass is 308 g/mol. The molecule has 1 spiro atoms. The van der Waals surface area contributed by atoms with Gasteiger partial charge in [-0.2, -0.15) is 5.26 Å². The molecule has 0 atom stereocenters. The molecular formula is C14H20N4O4. The minimum atomic E-state index is -0.919. The van der Waals surface area contributed by atoms with E-state index < -0.39 is 11.6 Å². The number of nitriles is 1. The number of esters is 1. The Morgan fingerprint density at radius 1 is 1.41 bits per heavy atom. The second-order valence-corrected chi connectivity index (χ2v) is 5.56. The molecule has 2 rings (SSSR count). The maximum atomic E-state index is 12.3. The Balaban J connectivity index is 1.89. The molecule has 22 heavy (non-hydrogen) atoms. The summed E-state index contributed by atoms with van der Waals surface area (Å²) in [6.45, 7) is 3.34. The summed E-state index contributed by atoms with van der Waals surface area (Å²) in [5, 5.41) is 11.4. The first kappa shape index (κ1) is 16.2. The van der Waals surface area contributed by atoms with Crippen LogP contribution in [0.3, 0.4) is 0 Å². The topological polar surface area (TPSA) is 103 Å². The lowest BCUT2D eigenvalue weighted by molar-refractivity contribution is -0.145. The van der Waals surface area contributed by atoms with E-state index in [1.165, 1.54) is 0 Å². The van der Waals surface area contributed by atoms with Crippen LogP contribution in [0.5, 0.6) is 0 Å². The van der Waals surface area contributed by atoms with Crippen LogP contribution < -0.4 is 5.32 Å². The lowest BCUT2D eigenvalue weighted by Crippen LogP contribution is -2.55. The first-order chi connectivity index (χ1) is 10.5. The molecule has 0 unspecified atom stereocenters. The van der Waals surface area contributed by atoms with Gasteiger partial charge >= 0.3 is 12.0 Å². The van der Waals surface area contributed by atoms with Crippen LogP contribution in [0.1, 0.15) is 26.2 Å². The van der Waals surface area contributed by atoms with E-state index in [9.17, 15) is 14.4 Å². The van der Waals surface area contributed by atoms with E-state index in [0.717, 1.165) is 11.3 Å². The molecule has 0 aromatic carbocycles. The number of imide groups is 1. The zero-order valence-corrected chi connectivity index (χ0v) is 12.6. The minimum Gasteiger partial charge on any atom is -0.465 e. The highest BCUT2D eigenvalue weighted by Crippen LogP contribution is 2.29. The fourth-order valence-corrected chi connectivity index (χ4v) is 2.77. The number of piperidine rings is 1. The molecular weight excluding hydrogens is 288 g/mol. The van der Waals surface area contributed by atoms with Gasteiger partial charge in [0.05, 0.1) is 19.2 Å². The standard InChI is InChI=1S/C14H20N4O4/c1-2-9-22-11(19)10-17-6-3-14(4-7-17)12(20)18(8-5-15)13(21)16-14/h2-4,6-10H2,1H3,(H,16,21). The Morgan fingerprint density at radius 2 is 2.09 bits per heavy atom. The first-order valence-corrected chi connectivity index (χ1v) is 7.41. The van der Waals surface area contributed by atoms with E-state index >= 15 is 0 Å². The van der Waals surface area contributed by atoms with Crippen molar-refractivity contribution in [3.8, 4) is 6.07 Å². The molecule has 0 bridgehead atoms. The van der Waals surface area contributed by atoms with Crippen molar-refractivity contribution in [2.45, 2.75) is 31.7 Å². The molecule has 2 heterocycles. The van der Waals surface area contributed by atoms with Gasteiger partial charge in [0.1, 0.15) is 12.1 Å². The van der Waals surface area contributed by atoms with Gasteiger partial charge in [-0.15, -0.1) is 0 Å². The molecule has 2 aliphatic heterocycles. The molecule has 2 aliphatic rings. The SMILES string of the molecule is CCCOC(=O)CN1CCC2(CC1)NC(=O)N(CC#N)C2=O. The predicted octanol–water partition coefficient (Wildman–Crippen LogP) is -0.150. The lowest BCUT2D eigenvalue weighted by atomic mass is 9.87. The summed E-state index contributed by atoms with van der Waals surface area (Å²) in [7, 11) is 0. The molecule has 0 radical (unpaired) electrons. The summed E-state index contributed by atoms with van der Waals surface area (Å²) in [6, 6.07) is 1.31. The molecule has 2 saturated heterocycles. The summed E-state index contributed by atoms with van der Waals surface area (Å²) in [5.41, 5.74) is -0.919. The molecule has 0 saturated carbocycles. The smallest absolute Gasteiger partial charge is 0.325 e. The summed E-state index contributed by atoms with van der Waals surface area (Å²) in [6.07, 6.45) is 1.64. The second kappa shape index (κ2) is 6.75. The average Bonchev–Trinajstić information content (AvgIpc) is 2.73. The van der Waals surface area contributed by atoms with E-state index in [2.05, 4.69) is 5.32 Å². The Hall–Kier alpha value is -2.14. The Morgan fingerprint density at radius 3 is 2.68 bits per heavy atom. The third kappa shape index (κ3) is 3.20. The molecule has 0 aliphatic carbocycles. The van der Waals surface area contributed by atoms with Crippen molar-refractivity contribution in [1.29, 1.82) is 5.26 Å². The summed E-state index contributed by atoms with van der Waals surface area (Å²) in [5.74, 6) is -0.613. The zero-order chi connectivity index (χ0) is 16.2. The number of carbonyl (C=O) groups excluding carboxylic acids is 3. The van der Waals surface area contributed by atoms with Gasteiger partial charge in [0.15, 0.2) is 0 Å². The van der Waals surface area contributed by atoms with Crippen LogP contribution in [0.15, 0.2) is 0 Å². The largest absolute Gasteiger partial charge is 0.465 e. The molecule has 0 aromatic heterocycles. The molecule has 8 nitrogen and oxygen atoms in total. The van der Waals surface area contributed by atoms with Crippen molar-refractivity contribution in [3.05, 3.63) is 0 Å². The number of nitrogens with zero attached hydrogens (tertiary/aromatic N) is 3. The first-order valence-electron chi connectivity index (χ1n) is 7.41. The molecule has 1 N–H and O–H groups in total. The molecule has 2 fully saturated rings. The van der Waals surface area contributed by atoms with Crippen LogP contribution in [0.4, 0.5) is 4.79 Å². The third-order valence-corrected chi connectivity index (χ3v) is 4.00. The van der Waals surface area contributed by atoms with Crippen LogP contribution >= 0.6 is 0 Å². The lowest BCUT2D eigenvalue weighted by Gasteiger charge is -2.36. The van der Waals surface area contributed by atoms with Gasteiger partial charge in [-0.3, -0.25) is 14.5 Å². The van der Waals surface area contributed by atoms with Gasteiger partial charge in [-0.25, -0.2) is 9.69 Å². The van der Waals surface area contributed by atoms with Crippen molar-refractivity contribution in [3.63, 3.8) is 0 Å². The number of likely N-dealkylation sites (tertiary alicyclic amines) is 1. The molecule has 0 aromatic rings. The van der Waals surface area contributed by atoms with Crippen molar-refractivity contribution in [2.24, 2.45) is 0 Å². The number of urea groups is 1. The van der Waals surface area contributed by atoms with Gasteiger partial charge in [0, 0.05) is 13.1 Å². The Bertz CT molecular complexity index is 505. The number of rotatable bonds is 5. The van der Waals surface area contributed by atoms with Gasteiger partial charge in [0.25, 0.3) is 5.91 Å².